The average Bonchev–Trinajstić information content (AvgIpc) is 2.44. The van der Waals surface area contributed by atoms with Crippen molar-refractivity contribution in [3.63, 3.8) is 0 Å². The highest BCUT2D eigenvalue weighted by Crippen LogP contribution is 2.33. The van der Waals surface area contributed by atoms with Crippen LogP contribution in [0.5, 0.6) is 11.5 Å². The van der Waals surface area contributed by atoms with Crippen LogP contribution in [0.2, 0.25) is 0 Å². The number of benzene rings is 1. The summed E-state index contributed by atoms with van der Waals surface area (Å²) < 4.78 is 11.0. The maximum Gasteiger partial charge on any atom is 0.224 e. The third-order valence-corrected chi connectivity index (χ3v) is 3.17. The lowest BCUT2D eigenvalue weighted by Gasteiger charge is -2.20. The molecule has 1 aliphatic rings. The molecule has 0 spiro atoms. The second-order valence-electron chi connectivity index (χ2n) is 4.93. The van der Waals surface area contributed by atoms with Gasteiger partial charge in [-0.2, -0.15) is 0 Å². The van der Waals surface area contributed by atoms with E-state index in [9.17, 15) is 9.59 Å². The normalized spacial score (nSPS) is 12.7. The van der Waals surface area contributed by atoms with Gasteiger partial charge >= 0.3 is 0 Å². The fourth-order valence-electron chi connectivity index (χ4n) is 2.10. The van der Waals surface area contributed by atoms with E-state index in [0.29, 0.717) is 32.1 Å². The highest BCUT2D eigenvalue weighted by Gasteiger charge is 2.15. The second-order valence-corrected chi connectivity index (χ2v) is 4.93. The molecule has 0 atom stereocenters. The van der Waals surface area contributed by atoms with E-state index < -0.39 is 0 Å². The number of aryl methyl sites for hydroxylation is 1. The molecule has 1 heterocycles. The maximum absolute atomic E-state index is 11.9. The SMILES string of the molecule is CC(=O)NCCNC(=O)Cc1cc2c(cc1C)OCCO2. The molecule has 0 bridgehead atoms. The first-order chi connectivity index (χ1) is 10.1. The van der Waals surface area contributed by atoms with Crippen molar-refractivity contribution in [1.82, 2.24) is 10.6 Å². The topological polar surface area (TPSA) is 76.7 Å². The molecule has 6 nitrogen and oxygen atoms in total. The van der Waals surface area contributed by atoms with E-state index in [1.807, 2.05) is 19.1 Å². The largest absolute Gasteiger partial charge is 0.486 e. The van der Waals surface area contributed by atoms with Crippen molar-refractivity contribution >= 4 is 11.8 Å². The molecule has 0 aromatic heterocycles. The Morgan fingerprint density at radius 3 is 2.38 bits per heavy atom. The lowest BCUT2D eigenvalue weighted by Crippen LogP contribution is -2.34. The Kier molecular flexibility index (Phi) is 5.03. The average molecular weight is 292 g/mol. The zero-order chi connectivity index (χ0) is 15.2. The van der Waals surface area contributed by atoms with Crippen molar-refractivity contribution in [2.24, 2.45) is 0 Å². The summed E-state index contributed by atoms with van der Waals surface area (Å²) in [7, 11) is 0. The van der Waals surface area contributed by atoms with Gasteiger partial charge in [-0.05, 0) is 30.2 Å². The quantitative estimate of drug-likeness (QED) is 0.778. The summed E-state index contributed by atoms with van der Waals surface area (Å²) in [5, 5.41) is 5.39. The second kappa shape index (κ2) is 6.97. The van der Waals surface area contributed by atoms with Gasteiger partial charge in [0.1, 0.15) is 13.2 Å². The maximum atomic E-state index is 11.9. The minimum Gasteiger partial charge on any atom is -0.486 e. The van der Waals surface area contributed by atoms with Crippen LogP contribution in [-0.4, -0.2) is 38.1 Å². The summed E-state index contributed by atoms with van der Waals surface area (Å²) in [5.74, 6) is 1.23. The van der Waals surface area contributed by atoms with Crippen LogP contribution < -0.4 is 20.1 Å². The Labute approximate surface area is 123 Å². The van der Waals surface area contributed by atoms with Gasteiger partial charge in [-0.3, -0.25) is 9.59 Å². The summed E-state index contributed by atoms with van der Waals surface area (Å²) in [4.78, 5) is 22.6. The van der Waals surface area contributed by atoms with Crippen LogP contribution in [0, 0.1) is 6.92 Å². The first kappa shape index (κ1) is 15.2. The molecule has 0 aliphatic carbocycles. The molecule has 114 valence electrons. The fraction of sp³-hybridized carbons (Fsp3) is 0.467. The van der Waals surface area contributed by atoms with Gasteiger partial charge in [0.15, 0.2) is 11.5 Å². The van der Waals surface area contributed by atoms with E-state index in [2.05, 4.69) is 10.6 Å². The molecule has 2 amide bonds. The number of hydrogen-bond acceptors (Lipinski definition) is 4. The van der Waals surface area contributed by atoms with Gasteiger partial charge in [0.05, 0.1) is 6.42 Å². The van der Waals surface area contributed by atoms with Gasteiger partial charge in [-0.25, -0.2) is 0 Å². The number of hydrogen-bond donors (Lipinski definition) is 2. The fourth-order valence-corrected chi connectivity index (χ4v) is 2.10. The first-order valence-electron chi connectivity index (χ1n) is 6.96. The predicted molar refractivity (Wildman–Crippen MR) is 77.6 cm³/mol. The van der Waals surface area contributed by atoms with Gasteiger partial charge in [0.2, 0.25) is 11.8 Å². The molecule has 0 saturated heterocycles. The van der Waals surface area contributed by atoms with E-state index in [0.717, 1.165) is 16.9 Å². The molecule has 0 fully saturated rings. The third-order valence-electron chi connectivity index (χ3n) is 3.17. The molecule has 1 aromatic carbocycles. The van der Waals surface area contributed by atoms with Gasteiger partial charge in [0.25, 0.3) is 0 Å². The molecule has 0 saturated carbocycles. The number of ether oxygens (including phenoxy) is 2. The first-order valence-corrected chi connectivity index (χ1v) is 6.96. The number of carbonyl (C=O) groups is 2. The van der Waals surface area contributed by atoms with Crippen LogP contribution in [0.1, 0.15) is 18.1 Å². The van der Waals surface area contributed by atoms with Crippen molar-refractivity contribution in [2.75, 3.05) is 26.3 Å². The smallest absolute Gasteiger partial charge is 0.224 e. The molecule has 21 heavy (non-hydrogen) atoms. The molecule has 2 N–H and O–H groups in total. The Hall–Kier alpha value is -2.24. The molecule has 2 rings (SSSR count). The predicted octanol–water partition coefficient (Wildman–Crippen LogP) is 0.561. The van der Waals surface area contributed by atoms with E-state index >= 15 is 0 Å². The Morgan fingerprint density at radius 2 is 1.71 bits per heavy atom. The number of carbonyl (C=O) groups excluding carboxylic acids is 2. The lowest BCUT2D eigenvalue weighted by molar-refractivity contribution is -0.121. The van der Waals surface area contributed by atoms with Crippen LogP contribution in [0.4, 0.5) is 0 Å². The van der Waals surface area contributed by atoms with E-state index in [1.165, 1.54) is 6.92 Å². The summed E-state index contributed by atoms with van der Waals surface area (Å²) >= 11 is 0. The molecular formula is C15H20N2O4. The molecule has 6 heteroatoms. The van der Waals surface area contributed by atoms with Gasteiger partial charge in [0, 0.05) is 20.0 Å². The van der Waals surface area contributed by atoms with Crippen molar-refractivity contribution < 1.29 is 19.1 Å². The van der Waals surface area contributed by atoms with Crippen LogP contribution in [0.15, 0.2) is 12.1 Å². The summed E-state index contributed by atoms with van der Waals surface area (Å²) in [6, 6.07) is 3.76. The van der Waals surface area contributed by atoms with Crippen molar-refractivity contribution in [2.45, 2.75) is 20.3 Å². The zero-order valence-corrected chi connectivity index (χ0v) is 12.3. The minimum atomic E-state index is -0.105. The standard InChI is InChI=1S/C15H20N2O4/c1-10-7-13-14(21-6-5-20-13)8-12(10)9-15(19)17-4-3-16-11(2)18/h7-8H,3-6,9H2,1-2H3,(H,16,18)(H,17,19). The van der Waals surface area contributed by atoms with Crippen LogP contribution in [0.25, 0.3) is 0 Å². The van der Waals surface area contributed by atoms with E-state index in [4.69, 9.17) is 9.47 Å². The van der Waals surface area contributed by atoms with E-state index in [-0.39, 0.29) is 18.2 Å². The lowest BCUT2D eigenvalue weighted by atomic mass is 10.0. The molecule has 1 aromatic rings. The van der Waals surface area contributed by atoms with Crippen LogP contribution in [0.3, 0.4) is 0 Å². The summed E-state index contributed by atoms with van der Waals surface area (Å²) in [6.45, 7) is 5.32. The van der Waals surface area contributed by atoms with Crippen LogP contribution >= 0.6 is 0 Å². The van der Waals surface area contributed by atoms with Crippen molar-refractivity contribution in [1.29, 1.82) is 0 Å². The minimum absolute atomic E-state index is 0.0832. The number of nitrogens with one attached hydrogen (secondary N) is 2. The molecule has 0 unspecified atom stereocenters. The summed E-state index contributed by atoms with van der Waals surface area (Å²) in [6.07, 6.45) is 0.280. The molecular weight excluding hydrogens is 272 g/mol. The van der Waals surface area contributed by atoms with Crippen molar-refractivity contribution in [3.05, 3.63) is 23.3 Å². The monoisotopic (exact) mass is 292 g/mol. The Morgan fingerprint density at radius 1 is 1.10 bits per heavy atom. The number of amides is 2. The zero-order valence-electron chi connectivity index (χ0n) is 12.3. The highest BCUT2D eigenvalue weighted by molar-refractivity contribution is 5.79. The van der Waals surface area contributed by atoms with Crippen LogP contribution in [-0.2, 0) is 16.0 Å². The highest BCUT2D eigenvalue weighted by atomic mass is 16.6. The molecule has 0 radical (unpaired) electrons. The Bertz CT molecular complexity index is 543. The van der Waals surface area contributed by atoms with Gasteiger partial charge in [-0.15, -0.1) is 0 Å². The van der Waals surface area contributed by atoms with E-state index in [1.54, 1.807) is 0 Å². The van der Waals surface area contributed by atoms with Gasteiger partial charge < -0.3 is 20.1 Å². The van der Waals surface area contributed by atoms with Gasteiger partial charge in [-0.1, -0.05) is 0 Å². The number of fused-ring (bicyclic) bond motifs is 1. The van der Waals surface area contributed by atoms with Crippen molar-refractivity contribution in [3.8, 4) is 11.5 Å². The summed E-state index contributed by atoms with van der Waals surface area (Å²) in [5.41, 5.74) is 1.91. The third kappa shape index (κ3) is 4.37. The Balaban J connectivity index is 1.90. The molecule has 1 aliphatic heterocycles. The number of rotatable bonds is 5.